The molecule has 0 atom stereocenters. The second kappa shape index (κ2) is 8.09. The van der Waals surface area contributed by atoms with E-state index in [9.17, 15) is 4.79 Å². The molecule has 0 saturated carbocycles. The number of benzene rings is 1. The minimum atomic E-state index is -0.125. The number of nitrogens with zero attached hydrogens (tertiary/aromatic N) is 1. The molecule has 1 amide bonds. The number of rotatable bonds is 5. The number of hydrogen-bond donors (Lipinski definition) is 1. The van der Waals surface area contributed by atoms with E-state index in [0.717, 1.165) is 10.7 Å². The number of amides is 1. The number of ether oxygens (including phenoxy) is 1. The van der Waals surface area contributed by atoms with Gasteiger partial charge in [-0.15, -0.1) is 35.3 Å². The van der Waals surface area contributed by atoms with Crippen molar-refractivity contribution in [1.29, 1.82) is 0 Å². The molecule has 0 radical (unpaired) electrons. The first-order chi connectivity index (χ1) is 9.22. The van der Waals surface area contributed by atoms with Crippen LogP contribution in [-0.4, -0.2) is 18.0 Å². The molecule has 2 aromatic rings. The standard InChI is InChI=1S/C13H13ClN2O2S.ClH/c1-18-11-5-3-2-4-10(11)16-12(17)6-13-15-9(7-14)8-19-13;/h2-5,8H,6-7H2,1H3,(H,16,17);1H. The summed E-state index contributed by atoms with van der Waals surface area (Å²) in [6.07, 6.45) is 0.236. The number of halogens is 2. The number of hydrogen-bond acceptors (Lipinski definition) is 4. The Morgan fingerprint density at radius 1 is 1.45 bits per heavy atom. The van der Waals surface area contributed by atoms with Gasteiger partial charge in [-0.05, 0) is 12.1 Å². The lowest BCUT2D eigenvalue weighted by atomic mass is 10.3. The lowest BCUT2D eigenvalue weighted by Gasteiger charge is -2.08. The molecule has 0 bridgehead atoms. The Morgan fingerprint density at radius 3 is 2.85 bits per heavy atom. The molecule has 2 rings (SSSR count). The summed E-state index contributed by atoms with van der Waals surface area (Å²) in [5.74, 6) is 0.876. The Hall–Kier alpha value is -1.30. The van der Waals surface area contributed by atoms with Gasteiger partial charge in [0.25, 0.3) is 0 Å². The van der Waals surface area contributed by atoms with Gasteiger partial charge in [-0.3, -0.25) is 4.79 Å². The summed E-state index contributed by atoms with van der Waals surface area (Å²) in [5.41, 5.74) is 1.45. The van der Waals surface area contributed by atoms with Crippen LogP contribution in [0.25, 0.3) is 0 Å². The summed E-state index contributed by atoms with van der Waals surface area (Å²) in [6.45, 7) is 0. The molecule has 0 aliphatic heterocycles. The normalized spacial score (nSPS) is 9.70. The number of thiazole rings is 1. The third-order valence-corrected chi connectivity index (χ3v) is 3.60. The van der Waals surface area contributed by atoms with Gasteiger partial charge in [0.1, 0.15) is 10.8 Å². The maximum absolute atomic E-state index is 11.9. The summed E-state index contributed by atoms with van der Waals surface area (Å²) in [7, 11) is 1.57. The van der Waals surface area contributed by atoms with E-state index in [1.54, 1.807) is 19.2 Å². The highest BCUT2D eigenvalue weighted by atomic mass is 35.5. The van der Waals surface area contributed by atoms with E-state index >= 15 is 0 Å². The molecule has 7 heteroatoms. The van der Waals surface area contributed by atoms with Crippen molar-refractivity contribution in [2.75, 3.05) is 12.4 Å². The van der Waals surface area contributed by atoms with Gasteiger partial charge >= 0.3 is 0 Å². The highest BCUT2D eigenvalue weighted by Gasteiger charge is 2.10. The number of nitrogens with one attached hydrogen (secondary N) is 1. The smallest absolute Gasteiger partial charge is 0.231 e. The Balaban J connectivity index is 0.00000200. The van der Waals surface area contributed by atoms with Crippen molar-refractivity contribution in [3.8, 4) is 5.75 Å². The van der Waals surface area contributed by atoms with Crippen LogP contribution >= 0.6 is 35.3 Å². The number of aromatic nitrogens is 1. The van der Waals surface area contributed by atoms with Crippen LogP contribution < -0.4 is 10.1 Å². The SMILES string of the molecule is COc1ccccc1NC(=O)Cc1nc(CCl)cs1.Cl. The van der Waals surface area contributed by atoms with E-state index in [2.05, 4.69) is 10.3 Å². The fourth-order valence-electron chi connectivity index (χ4n) is 1.57. The zero-order chi connectivity index (χ0) is 13.7. The largest absolute Gasteiger partial charge is 0.495 e. The van der Waals surface area contributed by atoms with E-state index in [4.69, 9.17) is 16.3 Å². The average Bonchev–Trinajstić information content (AvgIpc) is 2.87. The fourth-order valence-corrected chi connectivity index (χ4v) is 2.59. The van der Waals surface area contributed by atoms with Crippen molar-refractivity contribution in [2.45, 2.75) is 12.3 Å². The quantitative estimate of drug-likeness (QED) is 0.852. The molecule has 0 aliphatic rings. The minimum Gasteiger partial charge on any atom is -0.495 e. The Morgan fingerprint density at radius 2 is 2.20 bits per heavy atom. The summed E-state index contributed by atoms with van der Waals surface area (Å²) < 4.78 is 5.17. The van der Waals surface area contributed by atoms with Crippen LogP contribution in [-0.2, 0) is 17.1 Å². The van der Waals surface area contributed by atoms with Gasteiger partial charge in [-0.2, -0.15) is 0 Å². The van der Waals surface area contributed by atoms with Gasteiger partial charge in [-0.1, -0.05) is 12.1 Å². The number of alkyl halides is 1. The van der Waals surface area contributed by atoms with Crippen molar-refractivity contribution in [1.82, 2.24) is 4.98 Å². The van der Waals surface area contributed by atoms with Crippen LogP contribution in [0, 0.1) is 0 Å². The molecule has 20 heavy (non-hydrogen) atoms. The van der Waals surface area contributed by atoms with E-state index in [1.807, 2.05) is 17.5 Å². The first kappa shape index (κ1) is 16.8. The van der Waals surface area contributed by atoms with Gasteiger partial charge in [0.05, 0.1) is 30.8 Å². The van der Waals surface area contributed by atoms with Crippen LogP contribution in [0.2, 0.25) is 0 Å². The summed E-state index contributed by atoms with van der Waals surface area (Å²) in [6, 6.07) is 7.28. The highest BCUT2D eigenvalue weighted by molar-refractivity contribution is 7.09. The van der Waals surface area contributed by atoms with Gasteiger partial charge < -0.3 is 10.1 Å². The van der Waals surface area contributed by atoms with E-state index in [1.165, 1.54) is 11.3 Å². The third-order valence-electron chi connectivity index (χ3n) is 2.43. The number of para-hydroxylation sites is 2. The van der Waals surface area contributed by atoms with Crippen LogP contribution in [0.1, 0.15) is 10.7 Å². The zero-order valence-corrected chi connectivity index (χ0v) is 13.1. The molecule has 0 spiro atoms. The predicted octanol–water partition coefficient (Wildman–Crippen LogP) is 3.49. The molecular formula is C13H14Cl2N2O2S. The van der Waals surface area contributed by atoms with E-state index in [-0.39, 0.29) is 24.7 Å². The summed E-state index contributed by atoms with van der Waals surface area (Å²) in [5, 5.41) is 5.42. The van der Waals surface area contributed by atoms with Crippen LogP contribution in [0.3, 0.4) is 0 Å². The second-order valence-electron chi connectivity index (χ2n) is 3.79. The lowest BCUT2D eigenvalue weighted by molar-refractivity contribution is -0.115. The molecule has 4 nitrogen and oxygen atoms in total. The molecule has 0 aliphatic carbocycles. The molecule has 0 fully saturated rings. The van der Waals surface area contributed by atoms with Crippen molar-refractivity contribution >= 4 is 46.9 Å². The average molecular weight is 333 g/mol. The first-order valence-corrected chi connectivity index (χ1v) is 7.06. The maximum atomic E-state index is 11.9. The molecular weight excluding hydrogens is 319 g/mol. The summed E-state index contributed by atoms with van der Waals surface area (Å²) in [4.78, 5) is 16.2. The molecule has 1 N–H and O–H groups in total. The molecule has 1 aromatic heterocycles. The van der Waals surface area contributed by atoms with Gasteiger partial charge in [0.15, 0.2) is 0 Å². The van der Waals surface area contributed by atoms with Crippen molar-refractivity contribution < 1.29 is 9.53 Å². The molecule has 0 saturated heterocycles. The number of methoxy groups -OCH3 is 1. The second-order valence-corrected chi connectivity index (χ2v) is 5.00. The van der Waals surface area contributed by atoms with E-state index in [0.29, 0.717) is 17.3 Å². The van der Waals surface area contributed by atoms with Crippen LogP contribution in [0.15, 0.2) is 29.6 Å². The lowest BCUT2D eigenvalue weighted by Crippen LogP contribution is -2.14. The van der Waals surface area contributed by atoms with Crippen molar-refractivity contribution in [2.24, 2.45) is 0 Å². The zero-order valence-electron chi connectivity index (χ0n) is 10.8. The van der Waals surface area contributed by atoms with Gasteiger partial charge in [0, 0.05) is 5.38 Å². The Bertz CT molecular complexity index is 575. The molecule has 0 unspecified atom stereocenters. The fraction of sp³-hybridized carbons (Fsp3) is 0.231. The first-order valence-electron chi connectivity index (χ1n) is 5.65. The van der Waals surface area contributed by atoms with Gasteiger partial charge in [0.2, 0.25) is 5.91 Å². The maximum Gasteiger partial charge on any atom is 0.231 e. The number of anilines is 1. The van der Waals surface area contributed by atoms with Crippen molar-refractivity contribution in [3.05, 3.63) is 40.3 Å². The van der Waals surface area contributed by atoms with E-state index < -0.39 is 0 Å². The third kappa shape index (κ3) is 4.37. The number of carbonyl (C=O) groups excluding carboxylic acids is 1. The predicted molar refractivity (Wildman–Crippen MR) is 84.2 cm³/mol. The minimum absolute atomic E-state index is 0. The molecule has 108 valence electrons. The molecule has 1 heterocycles. The highest BCUT2D eigenvalue weighted by Crippen LogP contribution is 2.23. The monoisotopic (exact) mass is 332 g/mol. The van der Waals surface area contributed by atoms with Crippen LogP contribution in [0.4, 0.5) is 5.69 Å². The van der Waals surface area contributed by atoms with Gasteiger partial charge in [-0.25, -0.2) is 4.98 Å². The topological polar surface area (TPSA) is 51.2 Å². The van der Waals surface area contributed by atoms with Crippen molar-refractivity contribution in [3.63, 3.8) is 0 Å². The number of carbonyl (C=O) groups is 1. The Kier molecular flexibility index (Phi) is 6.78. The molecule has 1 aromatic carbocycles. The van der Waals surface area contributed by atoms with Crippen LogP contribution in [0.5, 0.6) is 5.75 Å². The Labute approximate surface area is 132 Å². The summed E-state index contributed by atoms with van der Waals surface area (Å²) >= 11 is 7.11.